The van der Waals surface area contributed by atoms with Gasteiger partial charge in [0.05, 0.1) is 5.69 Å². The molecule has 3 nitrogen and oxygen atoms in total. The van der Waals surface area contributed by atoms with Crippen molar-refractivity contribution in [3.8, 4) is 5.75 Å². The number of phenols is 1. The van der Waals surface area contributed by atoms with E-state index in [2.05, 4.69) is 10.3 Å². The molecule has 0 saturated carbocycles. The number of anilines is 1. The molecule has 1 heterocycles. The minimum Gasteiger partial charge on any atom is -0.503 e. The third-order valence-electron chi connectivity index (χ3n) is 2.45. The van der Waals surface area contributed by atoms with E-state index in [9.17, 15) is 8.78 Å². The van der Waals surface area contributed by atoms with Crippen molar-refractivity contribution < 1.29 is 13.9 Å². The topological polar surface area (TPSA) is 45.2 Å². The van der Waals surface area contributed by atoms with Crippen molar-refractivity contribution in [2.75, 3.05) is 5.32 Å². The number of benzene rings is 1. The Kier molecular flexibility index (Phi) is 3.41. The molecule has 2 aromatic rings. The molecule has 0 aliphatic rings. The average Bonchev–Trinajstić information content (AvgIpc) is 2.33. The lowest BCUT2D eigenvalue weighted by atomic mass is 10.2. The molecule has 5 heteroatoms. The maximum atomic E-state index is 13.1. The fraction of sp³-hybridized carbons (Fsp3) is 0.154. The second kappa shape index (κ2) is 5.00. The van der Waals surface area contributed by atoms with E-state index in [1.807, 2.05) is 13.0 Å². The zero-order valence-electron chi connectivity index (χ0n) is 9.74. The van der Waals surface area contributed by atoms with Gasteiger partial charge >= 0.3 is 0 Å². The smallest absolute Gasteiger partial charge is 0.187 e. The molecule has 2 N–H and O–H groups in total. The van der Waals surface area contributed by atoms with Gasteiger partial charge in [0, 0.05) is 18.9 Å². The number of pyridine rings is 1. The van der Waals surface area contributed by atoms with Crippen LogP contribution in [-0.2, 0) is 6.54 Å². The molecule has 1 aromatic carbocycles. The molecule has 18 heavy (non-hydrogen) atoms. The highest BCUT2D eigenvalue weighted by molar-refractivity contribution is 5.43. The van der Waals surface area contributed by atoms with Crippen LogP contribution in [0, 0.1) is 18.6 Å². The summed E-state index contributed by atoms with van der Waals surface area (Å²) in [6.07, 6.45) is 3.34. The lowest BCUT2D eigenvalue weighted by Gasteiger charge is -2.08. The van der Waals surface area contributed by atoms with Crippen molar-refractivity contribution >= 4 is 5.69 Å². The number of hydrogen-bond acceptors (Lipinski definition) is 3. The van der Waals surface area contributed by atoms with E-state index in [4.69, 9.17) is 5.11 Å². The summed E-state index contributed by atoms with van der Waals surface area (Å²) in [5, 5.41) is 12.0. The molecular weight excluding hydrogens is 238 g/mol. The molecule has 0 atom stereocenters. The third kappa shape index (κ3) is 2.74. The fourth-order valence-corrected chi connectivity index (χ4v) is 1.58. The van der Waals surface area contributed by atoms with Crippen molar-refractivity contribution in [1.29, 1.82) is 0 Å². The summed E-state index contributed by atoms with van der Waals surface area (Å²) in [5.74, 6) is -2.88. The van der Waals surface area contributed by atoms with E-state index in [0.717, 1.165) is 23.4 Å². The Morgan fingerprint density at radius 2 is 1.83 bits per heavy atom. The average molecular weight is 250 g/mol. The second-order valence-electron chi connectivity index (χ2n) is 4.01. The van der Waals surface area contributed by atoms with E-state index in [-0.39, 0.29) is 6.54 Å². The normalized spacial score (nSPS) is 10.4. The Morgan fingerprint density at radius 1 is 1.17 bits per heavy atom. The molecular formula is C13H12F2N2O. The summed E-state index contributed by atoms with van der Waals surface area (Å²) in [6.45, 7) is 2.15. The van der Waals surface area contributed by atoms with E-state index >= 15 is 0 Å². The summed E-state index contributed by atoms with van der Waals surface area (Å²) in [4.78, 5) is 4.00. The van der Waals surface area contributed by atoms with Gasteiger partial charge in [-0.3, -0.25) is 4.98 Å². The van der Waals surface area contributed by atoms with Crippen LogP contribution in [0.5, 0.6) is 5.75 Å². The van der Waals surface area contributed by atoms with E-state index < -0.39 is 17.4 Å². The van der Waals surface area contributed by atoms with Crippen molar-refractivity contribution in [2.24, 2.45) is 0 Å². The van der Waals surface area contributed by atoms with Crippen LogP contribution in [0.15, 0.2) is 30.6 Å². The summed E-state index contributed by atoms with van der Waals surface area (Å²) >= 11 is 0. The van der Waals surface area contributed by atoms with Gasteiger partial charge in [-0.2, -0.15) is 0 Å². The Hall–Kier alpha value is -2.17. The molecule has 0 spiro atoms. The van der Waals surface area contributed by atoms with Crippen LogP contribution < -0.4 is 5.32 Å². The quantitative estimate of drug-likeness (QED) is 0.880. The molecule has 1 aromatic heterocycles. The number of aryl methyl sites for hydroxylation is 1. The molecule has 2 rings (SSSR count). The van der Waals surface area contributed by atoms with E-state index in [1.54, 1.807) is 12.4 Å². The molecule has 0 radical (unpaired) electrons. The highest BCUT2D eigenvalue weighted by atomic mass is 19.1. The van der Waals surface area contributed by atoms with E-state index in [1.165, 1.54) is 0 Å². The van der Waals surface area contributed by atoms with Gasteiger partial charge in [0.15, 0.2) is 17.4 Å². The van der Waals surface area contributed by atoms with E-state index in [0.29, 0.717) is 5.56 Å². The van der Waals surface area contributed by atoms with Gasteiger partial charge in [-0.1, -0.05) is 0 Å². The minimum absolute atomic E-state index is 0.249. The first-order chi connectivity index (χ1) is 8.56. The summed E-state index contributed by atoms with van der Waals surface area (Å²) in [7, 11) is 0. The van der Waals surface area contributed by atoms with Crippen LogP contribution in [0.2, 0.25) is 0 Å². The third-order valence-corrected chi connectivity index (χ3v) is 2.45. The largest absolute Gasteiger partial charge is 0.503 e. The van der Waals surface area contributed by atoms with Crippen LogP contribution in [-0.4, -0.2) is 10.1 Å². The standard InChI is InChI=1S/C13H12F2N2O/c1-8-2-10(7-16-5-8)17-6-9-3-11(14)13(18)12(15)4-9/h2-5,7,17-18H,6H2,1H3. The number of nitrogens with one attached hydrogen (secondary N) is 1. The summed E-state index contributed by atoms with van der Waals surface area (Å²) in [6, 6.07) is 4.06. The lowest BCUT2D eigenvalue weighted by Crippen LogP contribution is -2.01. The van der Waals surface area contributed by atoms with Crippen molar-refractivity contribution in [2.45, 2.75) is 13.5 Å². The van der Waals surface area contributed by atoms with Crippen LogP contribution in [0.1, 0.15) is 11.1 Å². The van der Waals surface area contributed by atoms with Crippen LogP contribution >= 0.6 is 0 Å². The fourth-order valence-electron chi connectivity index (χ4n) is 1.58. The Bertz CT molecular complexity index is 550. The first-order valence-electron chi connectivity index (χ1n) is 5.38. The number of nitrogens with zero attached hydrogens (tertiary/aromatic N) is 1. The monoisotopic (exact) mass is 250 g/mol. The molecule has 0 unspecified atom stereocenters. The lowest BCUT2D eigenvalue weighted by molar-refractivity contribution is 0.395. The number of phenolic OH excluding ortho intramolecular Hbond substituents is 1. The van der Waals surface area contributed by atoms with Crippen LogP contribution in [0.3, 0.4) is 0 Å². The molecule has 0 aliphatic carbocycles. The Labute approximate surface area is 103 Å². The highest BCUT2D eigenvalue weighted by Gasteiger charge is 2.09. The zero-order chi connectivity index (χ0) is 13.1. The van der Waals surface area contributed by atoms with Gasteiger partial charge in [0.1, 0.15) is 0 Å². The number of halogens is 2. The molecule has 94 valence electrons. The predicted molar refractivity (Wildman–Crippen MR) is 64.3 cm³/mol. The minimum atomic E-state index is -0.964. The van der Waals surface area contributed by atoms with Crippen LogP contribution in [0.25, 0.3) is 0 Å². The molecule has 0 aliphatic heterocycles. The van der Waals surface area contributed by atoms with Gasteiger partial charge in [0.2, 0.25) is 0 Å². The van der Waals surface area contributed by atoms with Crippen molar-refractivity contribution in [3.63, 3.8) is 0 Å². The number of hydrogen-bond donors (Lipinski definition) is 2. The number of aromatic nitrogens is 1. The van der Waals surface area contributed by atoms with Gasteiger partial charge < -0.3 is 10.4 Å². The number of aromatic hydroxyl groups is 1. The maximum absolute atomic E-state index is 13.1. The van der Waals surface area contributed by atoms with Crippen molar-refractivity contribution in [3.05, 3.63) is 53.4 Å². The predicted octanol–water partition coefficient (Wildman–Crippen LogP) is 2.99. The molecule has 0 bridgehead atoms. The zero-order valence-corrected chi connectivity index (χ0v) is 9.74. The van der Waals surface area contributed by atoms with Gasteiger partial charge in [0.25, 0.3) is 0 Å². The highest BCUT2D eigenvalue weighted by Crippen LogP contribution is 2.22. The first kappa shape index (κ1) is 12.3. The summed E-state index contributed by atoms with van der Waals surface area (Å²) < 4.78 is 26.2. The number of rotatable bonds is 3. The second-order valence-corrected chi connectivity index (χ2v) is 4.01. The van der Waals surface area contributed by atoms with Gasteiger partial charge in [-0.25, -0.2) is 8.78 Å². The van der Waals surface area contributed by atoms with Gasteiger partial charge in [-0.05, 0) is 36.2 Å². The first-order valence-corrected chi connectivity index (χ1v) is 5.38. The Balaban J connectivity index is 2.11. The van der Waals surface area contributed by atoms with Gasteiger partial charge in [-0.15, -0.1) is 0 Å². The molecule has 0 fully saturated rings. The summed E-state index contributed by atoms with van der Waals surface area (Å²) in [5.41, 5.74) is 2.16. The molecule has 0 amide bonds. The van der Waals surface area contributed by atoms with Crippen molar-refractivity contribution in [1.82, 2.24) is 4.98 Å². The molecule has 0 saturated heterocycles. The van der Waals surface area contributed by atoms with Crippen LogP contribution in [0.4, 0.5) is 14.5 Å². The Morgan fingerprint density at radius 3 is 2.44 bits per heavy atom. The maximum Gasteiger partial charge on any atom is 0.187 e. The SMILES string of the molecule is Cc1cncc(NCc2cc(F)c(O)c(F)c2)c1.